The van der Waals surface area contributed by atoms with Crippen molar-refractivity contribution in [3.05, 3.63) is 41.7 Å². The number of aryl methyl sites for hydroxylation is 1. The number of hydrogen-bond donors (Lipinski definition) is 2. The first-order chi connectivity index (χ1) is 9.61. The Morgan fingerprint density at radius 1 is 1.40 bits per heavy atom. The van der Waals surface area contributed by atoms with E-state index in [0.717, 1.165) is 22.7 Å². The standard InChI is InChI=1S/C14H18N4OS/c1-10-11(9-16-18(10)2)8-15-14(20)17-12-6-4-5-7-13(12)19-3/h4-7,9H,8H2,1-3H3,(H2,15,17,20). The number of ether oxygens (including phenoxy) is 1. The van der Waals surface area contributed by atoms with Gasteiger partial charge in [-0.1, -0.05) is 12.1 Å². The molecule has 0 radical (unpaired) electrons. The molecule has 1 aromatic carbocycles. The highest BCUT2D eigenvalue weighted by molar-refractivity contribution is 7.80. The number of benzene rings is 1. The van der Waals surface area contributed by atoms with Crippen molar-refractivity contribution in [1.82, 2.24) is 15.1 Å². The molecule has 1 heterocycles. The zero-order valence-corrected chi connectivity index (χ0v) is 12.6. The zero-order valence-electron chi connectivity index (χ0n) is 11.8. The first-order valence-corrected chi connectivity index (χ1v) is 6.68. The van der Waals surface area contributed by atoms with Crippen LogP contribution < -0.4 is 15.4 Å². The van der Waals surface area contributed by atoms with Crippen molar-refractivity contribution in [1.29, 1.82) is 0 Å². The van der Waals surface area contributed by atoms with Crippen LogP contribution in [0.4, 0.5) is 5.69 Å². The molecule has 0 aliphatic carbocycles. The monoisotopic (exact) mass is 290 g/mol. The van der Waals surface area contributed by atoms with Crippen molar-refractivity contribution in [2.24, 2.45) is 7.05 Å². The largest absolute Gasteiger partial charge is 0.495 e. The zero-order chi connectivity index (χ0) is 14.5. The average molecular weight is 290 g/mol. The molecule has 0 amide bonds. The van der Waals surface area contributed by atoms with Crippen LogP contribution in [0, 0.1) is 6.92 Å². The lowest BCUT2D eigenvalue weighted by atomic mass is 10.2. The molecule has 0 saturated heterocycles. The van der Waals surface area contributed by atoms with Gasteiger partial charge < -0.3 is 15.4 Å². The second-order valence-corrected chi connectivity index (χ2v) is 4.80. The fourth-order valence-corrected chi connectivity index (χ4v) is 1.99. The van der Waals surface area contributed by atoms with Gasteiger partial charge in [-0.05, 0) is 31.3 Å². The van der Waals surface area contributed by atoms with Crippen LogP contribution in [0.5, 0.6) is 5.75 Å². The lowest BCUT2D eigenvalue weighted by Crippen LogP contribution is -2.28. The van der Waals surface area contributed by atoms with Gasteiger partial charge >= 0.3 is 0 Å². The molecule has 0 aliphatic heterocycles. The second kappa shape index (κ2) is 6.38. The third-order valence-electron chi connectivity index (χ3n) is 3.13. The molecule has 0 unspecified atom stereocenters. The molecule has 6 heteroatoms. The molecule has 0 atom stereocenters. The molecule has 5 nitrogen and oxygen atoms in total. The van der Waals surface area contributed by atoms with Crippen molar-refractivity contribution < 1.29 is 4.74 Å². The Morgan fingerprint density at radius 2 is 2.15 bits per heavy atom. The summed E-state index contributed by atoms with van der Waals surface area (Å²) < 4.78 is 7.11. The molecule has 1 aromatic heterocycles. The molecule has 0 spiro atoms. The number of thiocarbonyl (C=S) groups is 1. The molecule has 2 aromatic rings. The van der Waals surface area contributed by atoms with Crippen LogP contribution in [0.25, 0.3) is 0 Å². The molecule has 0 fully saturated rings. The van der Waals surface area contributed by atoms with E-state index in [4.69, 9.17) is 17.0 Å². The number of nitrogens with zero attached hydrogens (tertiary/aromatic N) is 2. The maximum Gasteiger partial charge on any atom is 0.171 e. The summed E-state index contributed by atoms with van der Waals surface area (Å²) in [5.74, 6) is 0.759. The first-order valence-electron chi connectivity index (χ1n) is 6.27. The maximum atomic E-state index is 5.29. The minimum atomic E-state index is 0.553. The molecule has 20 heavy (non-hydrogen) atoms. The van der Waals surface area contributed by atoms with Gasteiger partial charge in [-0.15, -0.1) is 0 Å². The summed E-state index contributed by atoms with van der Waals surface area (Å²) in [5.41, 5.74) is 3.09. The van der Waals surface area contributed by atoms with E-state index in [1.54, 1.807) is 7.11 Å². The van der Waals surface area contributed by atoms with Gasteiger partial charge in [-0.25, -0.2) is 0 Å². The molecular weight excluding hydrogens is 272 g/mol. The third kappa shape index (κ3) is 3.27. The fourth-order valence-electron chi connectivity index (χ4n) is 1.81. The Kier molecular flexibility index (Phi) is 4.57. The van der Waals surface area contributed by atoms with Gasteiger partial charge in [-0.3, -0.25) is 4.68 Å². The van der Waals surface area contributed by atoms with E-state index in [1.807, 2.05) is 49.1 Å². The highest BCUT2D eigenvalue weighted by Crippen LogP contribution is 2.22. The Bertz CT molecular complexity index is 609. The van der Waals surface area contributed by atoms with Gasteiger partial charge in [0.05, 0.1) is 19.0 Å². The smallest absolute Gasteiger partial charge is 0.171 e. The average Bonchev–Trinajstić information content (AvgIpc) is 2.77. The van der Waals surface area contributed by atoms with Crippen LogP contribution in [-0.2, 0) is 13.6 Å². The topological polar surface area (TPSA) is 51.1 Å². The van der Waals surface area contributed by atoms with Crippen molar-refractivity contribution >= 4 is 23.0 Å². The highest BCUT2D eigenvalue weighted by Gasteiger charge is 2.06. The summed E-state index contributed by atoms with van der Waals surface area (Å²) in [7, 11) is 3.56. The van der Waals surface area contributed by atoms with Crippen LogP contribution >= 0.6 is 12.2 Å². The molecule has 2 N–H and O–H groups in total. The van der Waals surface area contributed by atoms with E-state index in [1.165, 1.54) is 0 Å². The van der Waals surface area contributed by atoms with Crippen LogP contribution in [0.15, 0.2) is 30.5 Å². The predicted octanol–water partition coefficient (Wildman–Crippen LogP) is 2.22. The van der Waals surface area contributed by atoms with E-state index < -0.39 is 0 Å². The summed E-state index contributed by atoms with van der Waals surface area (Å²) in [4.78, 5) is 0. The summed E-state index contributed by atoms with van der Waals surface area (Å²) in [5, 5.41) is 11.0. The van der Waals surface area contributed by atoms with Gasteiger partial charge in [0, 0.05) is 24.8 Å². The molecule has 2 rings (SSSR count). The summed E-state index contributed by atoms with van der Waals surface area (Å²) in [6, 6.07) is 7.65. The van der Waals surface area contributed by atoms with Crippen molar-refractivity contribution in [2.45, 2.75) is 13.5 Å². The number of hydrogen-bond acceptors (Lipinski definition) is 3. The Morgan fingerprint density at radius 3 is 2.80 bits per heavy atom. The Hall–Kier alpha value is -2.08. The number of nitrogens with one attached hydrogen (secondary N) is 2. The lowest BCUT2D eigenvalue weighted by Gasteiger charge is -2.13. The number of anilines is 1. The highest BCUT2D eigenvalue weighted by atomic mass is 32.1. The summed E-state index contributed by atoms with van der Waals surface area (Å²) in [6.45, 7) is 2.67. The van der Waals surface area contributed by atoms with E-state index in [2.05, 4.69) is 15.7 Å². The first kappa shape index (κ1) is 14.3. The lowest BCUT2D eigenvalue weighted by molar-refractivity contribution is 0.417. The summed E-state index contributed by atoms with van der Waals surface area (Å²) >= 11 is 5.29. The second-order valence-electron chi connectivity index (χ2n) is 4.39. The van der Waals surface area contributed by atoms with Crippen molar-refractivity contribution in [3.63, 3.8) is 0 Å². The molecular formula is C14H18N4OS. The quantitative estimate of drug-likeness (QED) is 0.846. The van der Waals surface area contributed by atoms with E-state index in [-0.39, 0.29) is 0 Å². The minimum Gasteiger partial charge on any atom is -0.495 e. The maximum absolute atomic E-state index is 5.29. The van der Waals surface area contributed by atoms with Crippen LogP contribution in [-0.4, -0.2) is 22.0 Å². The van der Waals surface area contributed by atoms with Gasteiger partial charge in [0.25, 0.3) is 0 Å². The number of rotatable bonds is 4. The van der Waals surface area contributed by atoms with E-state index >= 15 is 0 Å². The summed E-state index contributed by atoms with van der Waals surface area (Å²) in [6.07, 6.45) is 1.84. The van der Waals surface area contributed by atoms with Crippen LogP contribution in [0.1, 0.15) is 11.3 Å². The normalized spacial score (nSPS) is 10.2. The van der Waals surface area contributed by atoms with Crippen LogP contribution in [0.3, 0.4) is 0 Å². The molecule has 106 valence electrons. The third-order valence-corrected chi connectivity index (χ3v) is 3.38. The van der Waals surface area contributed by atoms with Crippen molar-refractivity contribution in [3.8, 4) is 5.75 Å². The van der Waals surface area contributed by atoms with E-state index in [0.29, 0.717) is 11.7 Å². The van der Waals surface area contributed by atoms with E-state index in [9.17, 15) is 0 Å². The van der Waals surface area contributed by atoms with Gasteiger partial charge in [0.15, 0.2) is 5.11 Å². The molecule has 0 saturated carbocycles. The van der Waals surface area contributed by atoms with Gasteiger partial charge in [-0.2, -0.15) is 5.10 Å². The van der Waals surface area contributed by atoms with Crippen LogP contribution in [0.2, 0.25) is 0 Å². The number of aromatic nitrogens is 2. The molecule has 0 aliphatic rings. The Labute approximate surface area is 123 Å². The minimum absolute atomic E-state index is 0.553. The fraction of sp³-hybridized carbons (Fsp3) is 0.286. The number of methoxy groups -OCH3 is 1. The predicted molar refractivity (Wildman–Crippen MR) is 84.0 cm³/mol. The van der Waals surface area contributed by atoms with Crippen molar-refractivity contribution in [2.75, 3.05) is 12.4 Å². The Balaban J connectivity index is 1.94. The van der Waals surface area contributed by atoms with Gasteiger partial charge in [0.2, 0.25) is 0 Å². The number of para-hydroxylation sites is 2. The SMILES string of the molecule is COc1ccccc1NC(=S)NCc1cnn(C)c1C. The van der Waals surface area contributed by atoms with Gasteiger partial charge in [0.1, 0.15) is 5.75 Å². The molecule has 0 bridgehead atoms.